The van der Waals surface area contributed by atoms with E-state index in [9.17, 15) is 4.79 Å². The summed E-state index contributed by atoms with van der Waals surface area (Å²) in [4.78, 5) is 22.3. The second-order valence-electron chi connectivity index (χ2n) is 8.26. The smallest absolute Gasteiger partial charge is 0.278 e. The van der Waals surface area contributed by atoms with Gasteiger partial charge in [-0.3, -0.25) is 14.6 Å². The molecule has 5 rings (SSSR count). The van der Waals surface area contributed by atoms with Crippen LogP contribution in [0.4, 0.5) is 11.4 Å². The molecule has 1 fully saturated rings. The van der Waals surface area contributed by atoms with Gasteiger partial charge in [0.05, 0.1) is 18.0 Å². The fraction of sp³-hybridized carbons (Fsp3) is 0.231. The predicted molar refractivity (Wildman–Crippen MR) is 127 cm³/mol. The first kappa shape index (κ1) is 20.0. The van der Waals surface area contributed by atoms with Crippen LogP contribution in [0.1, 0.15) is 29.0 Å². The Hall–Kier alpha value is -2.95. The summed E-state index contributed by atoms with van der Waals surface area (Å²) in [5.41, 5.74) is 5.34. The lowest BCUT2D eigenvalue weighted by molar-refractivity contribution is -0.112. The van der Waals surface area contributed by atoms with Gasteiger partial charge in [-0.1, -0.05) is 66.2 Å². The maximum absolute atomic E-state index is 13.4. The molecule has 3 aromatic carbocycles. The molecule has 2 heterocycles. The van der Waals surface area contributed by atoms with Gasteiger partial charge in [-0.25, -0.2) is 4.99 Å². The van der Waals surface area contributed by atoms with Crippen LogP contribution in [0.2, 0.25) is 5.02 Å². The summed E-state index contributed by atoms with van der Waals surface area (Å²) in [6, 6.07) is 24.2. The van der Waals surface area contributed by atoms with Crippen molar-refractivity contribution in [2.45, 2.75) is 19.3 Å². The predicted octanol–water partition coefficient (Wildman–Crippen LogP) is 5.56. The van der Waals surface area contributed by atoms with Crippen LogP contribution in [0.25, 0.3) is 0 Å². The number of aliphatic imine (C=N–C) groups is 1. The molecule has 2 aliphatic rings. The molecule has 31 heavy (non-hydrogen) atoms. The molecule has 0 aliphatic carbocycles. The zero-order valence-electron chi connectivity index (χ0n) is 17.5. The van der Waals surface area contributed by atoms with E-state index in [1.165, 1.54) is 5.56 Å². The Balaban J connectivity index is 1.40. The fourth-order valence-corrected chi connectivity index (χ4v) is 4.62. The van der Waals surface area contributed by atoms with E-state index in [0.717, 1.165) is 36.3 Å². The van der Waals surface area contributed by atoms with Gasteiger partial charge < -0.3 is 0 Å². The minimum atomic E-state index is -0.0546. The van der Waals surface area contributed by atoms with Gasteiger partial charge in [-0.15, -0.1) is 0 Å². The van der Waals surface area contributed by atoms with Crippen molar-refractivity contribution in [3.05, 3.63) is 94.5 Å². The number of likely N-dealkylation sites (tertiary alicyclic amines) is 1. The van der Waals surface area contributed by atoms with Gasteiger partial charge in [-0.2, -0.15) is 0 Å². The monoisotopic (exact) mass is 429 g/mol. The highest BCUT2D eigenvalue weighted by Gasteiger charge is 2.36. The standard InChI is InChI=1S/C26H24ClN3O/c1-18-11-12-21(15-23(18)27)28-25-22-9-5-6-10-24(22)30(26(25)31)17-29-14-13-20(16-29)19-7-3-2-4-8-19/h2-12,15,20H,13-14,16-17H2,1H3/t20-/m0/s1. The molecular formula is C26H24ClN3O. The zero-order chi connectivity index (χ0) is 21.4. The third kappa shape index (κ3) is 3.89. The SMILES string of the molecule is Cc1ccc(N=C2C(=O)N(CN3CC[C@H](c4ccccc4)C3)c3ccccc32)cc1Cl. The third-order valence-corrected chi connectivity index (χ3v) is 6.59. The van der Waals surface area contributed by atoms with Gasteiger partial charge in [-0.05, 0) is 48.6 Å². The molecule has 0 unspecified atom stereocenters. The highest BCUT2D eigenvalue weighted by molar-refractivity contribution is 6.54. The molecule has 0 saturated carbocycles. The molecule has 0 N–H and O–H groups in total. The number of hydrogen-bond acceptors (Lipinski definition) is 3. The van der Waals surface area contributed by atoms with Crippen LogP contribution in [0, 0.1) is 6.92 Å². The Morgan fingerprint density at radius 2 is 1.81 bits per heavy atom. The molecule has 3 aromatic rings. The molecule has 4 nitrogen and oxygen atoms in total. The Kier molecular flexibility index (Phi) is 5.34. The quantitative estimate of drug-likeness (QED) is 0.544. The topological polar surface area (TPSA) is 35.9 Å². The van der Waals surface area contributed by atoms with Crippen molar-refractivity contribution < 1.29 is 4.79 Å². The van der Waals surface area contributed by atoms with Gasteiger partial charge in [0, 0.05) is 23.7 Å². The Morgan fingerprint density at radius 3 is 2.61 bits per heavy atom. The Morgan fingerprint density at radius 1 is 1.03 bits per heavy atom. The summed E-state index contributed by atoms with van der Waals surface area (Å²) < 4.78 is 0. The average Bonchev–Trinajstić information content (AvgIpc) is 3.36. The maximum atomic E-state index is 13.4. The molecule has 1 amide bonds. The number of fused-ring (bicyclic) bond motifs is 1. The van der Waals surface area contributed by atoms with Crippen LogP contribution >= 0.6 is 11.6 Å². The number of para-hydroxylation sites is 1. The van der Waals surface area contributed by atoms with Crippen LogP contribution in [0.3, 0.4) is 0 Å². The summed E-state index contributed by atoms with van der Waals surface area (Å²) >= 11 is 6.27. The lowest BCUT2D eigenvalue weighted by atomic mass is 9.99. The second-order valence-corrected chi connectivity index (χ2v) is 8.67. The van der Waals surface area contributed by atoms with Gasteiger partial charge in [0.1, 0.15) is 5.71 Å². The largest absolute Gasteiger partial charge is 0.293 e. The number of nitrogens with zero attached hydrogens (tertiary/aromatic N) is 3. The van der Waals surface area contributed by atoms with Gasteiger partial charge >= 0.3 is 0 Å². The number of halogens is 1. The van der Waals surface area contributed by atoms with E-state index in [1.54, 1.807) is 0 Å². The number of amides is 1. The molecule has 1 saturated heterocycles. The van der Waals surface area contributed by atoms with Crippen LogP contribution in [-0.4, -0.2) is 36.3 Å². The Labute approximate surface area is 187 Å². The number of anilines is 1. The molecule has 0 spiro atoms. The number of rotatable bonds is 4. The van der Waals surface area contributed by atoms with Crippen LogP contribution in [-0.2, 0) is 4.79 Å². The normalized spacial score (nSPS) is 19.9. The second kappa shape index (κ2) is 8.29. The van der Waals surface area contributed by atoms with E-state index in [4.69, 9.17) is 16.6 Å². The summed E-state index contributed by atoms with van der Waals surface area (Å²) in [6.07, 6.45) is 1.11. The molecule has 1 atom stereocenters. The summed E-state index contributed by atoms with van der Waals surface area (Å²) in [5, 5.41) is 0.654. The molecular weight excluding hydrogens is 406 g/mol. The fourth-order valence-electron chi connectivity index (χ4n) is 4.45. The van der Waals surface area contributed by atoms with E-state index < -0.39 is 0 Å². The first-order valence-corrected chi connectivity index (χ1v) is 11.0. The van der Waals surface area contributed by atoms with Crippen LogP contribution in [0.5, 0.6) is 0 Å². The van der Waals surface area contributed by atoms with Gasteiger partial charge in [0.25, 0.3) is 5.91 Å². The van der Waals surface area contributed by atoms with Crippen LogP contribution < -0.4 is 4.90 Å². The van der Waals surface area contributed by atoms with Gasteiger partial charge in [0.15, 0.2) is 0 Å². The van der Waals surface area contributed by atoms with E-state index >= 15 is 0 Å². The number of carbonyl (C=O) groups is 1. The van der Waals surface area contributed by atoms with Crippen molar-refractivity contribution >= 4 is 34.6 Å². The molecule has 156 valence electrons. The lowest BCUT2D eigenvalue weighted by Crippen LogP contribution is -2.40. The van der Waals surface area contributed by atoms with E-state index in [0.29, 0.717) is 29.0 Å². The number of benzene rings is 3. The highest BCUT2D eigenvalue weighted by Crippen LogP contribution is 2.33. The van der Waals surface area contributed by atoms with Crippen molar-refractivity contribution in [3.63, 3.8) is 0 Å². The van der Waals surface area contributed by atoms with Crippen molar-refractivity contribution in [1.29, 1.82) is 0 Å². The molecule has 5 heteroatoms. The Bertz CT molecular complexity index is 1160. The molecule has 0 aromatic heterocycles. The zero-order valence-corrected chi connectivity index (χ0v) is 18.2. The maximum Gasteiger partial charge on any atom is 0.278 e. The van der Waals surface area contributed by atoms with Crippen molar-refractivity contribution in [2.75, 3.05) is 24.7 Å². The average molecular weight is 430 g/mol. The van der Waals surface area contributed by atoms with Crippen molar-refractivity contribution in [2.24, 2.45) is 4.99 Å². The number of aryl methyl sites for hydroxylation is 1. The summed E-state index contributed by atoms with van der Waals surface area (Å²) in [7, 11) is 0. The summed E-state index contributed by atoms with van der Waals surface area (Å²) in [5.74, 6) is 0.457. The highest BCUT2D eigenvalue weighted by atomic mass is 35.5. The lowest BCUT2D eigenvalue weighted by Gasteiger charge is -2.24. The first-order chi connectivity index (χ1) is 15.1. The molecule has 0 radical (unpaired) electrons. The summed E-state index contributed by atoms with van der Waals surface area (Å²) in [6.45, 7) is 4.46. The minimum absolute atomic E-state index is 0.0546. The van der Waals surface area contributed by atoms with Gasteiger partial charge in [0.2, 0.25) is 0 Å². The molecule has 0 bridgehead atoms. The van der Waals surface area contributed by atoms with E-state index in [-0.39, 0.29) is 5.91 Å². The van der Waals surface area contributed by atoms with E-state index in [2.05, 4.69) is 35.2 Å². The first-order valence-electron chi connectivity index (χ1n) is 10.6. The van der Waals surface area contributed by atoms with Crippen LogP contribution in [0.15, 0.2) is 77.8 Å². The van der Waals surface area contributed by atoms with Crippen molar-refractivity contribution in [1.82, 2.24) is 4.90 Å². The number of carbonyl (C=O) groups excluding carboxylic acids is 1. The third-order valence-electron chi connectivity index (χ3n) is 6.18. The number of hydrogen-bond donors (Lipinski definition) is 0. The minimum Gasteiger partial charge on any atom is -0.293 e. The van der Waals surface area contributed by atoms with E-state index in [1.807, 2.05) is 54.3 Å². The molecule has 2 aliphatic heterocycles. The van der Waals surface area contributed by atoms with Crippen molar-refractivity contribution in [3.8, 4) is 0 Å².